The summed E-state index contributed by atoms with van der Waals surface area (Å²) in [6.07, 6.45) is 3.29. The summed E-state index contributed by atoms with van der Waals surface area (Å²) < 4.78 is 7.17. The third-order valence-electron chi connectivity index (χ3n) is 4.36. The molecule has 1 saturated heterocycles. The lowest BCUT2D eigenvalue weighted by Crippen LogP contribution is -2.40. The summed E-state index contributed by atoms with van der Waals surface area (Å²) in [5.41, 5.74) is 2.75. The second kappa shape index (κ2) is 8.12. The van der Waals surface area contributed by atoms with Crippen LogP contribution in [-0.2, 0) is 11.8 Å². The van der Waals surface area contributed by atoms with Crippen LogP contribution in [0.3, 0.4) is 0 Å². The van der Waals surface area contributed by atoms with Gasteiger partial charge < -0.3 is 19.5 Å². The topological polar surface area (TPSA) is 72.3 Å². The van der Waals surface area contributed by atoms with E-state index in [2.05, 4.69) is 15.3 Å². The Hall–Kier alpha value is -2.35. The molecular formula is C18H19Cl2N5O2. The Bertz CT molecular complexity index is 970. The van der Waals surface area contributed by atoms with Crippen molar-refractivity contribution in [3.63, 3.8) is 0 Å². The number of amides is 1. The summed E-state index contributed by atoms with van der Waals surface area (Å²) in [5, 5.41) is 3.86. The summed E-state index contributed by atoms with van der Waals surface area (Å²) in [4.78, 5) is 23.6. The molecule has 0 aliphatic carbocycles. The van der Waals surface area contributed by atoms with E-state index in [-0.39, 0.29) is 18.3 Å². The number of pyridine rings is 1. The molecule has 0 unspecified atom stereocenters. The molecule has 0 atom stereocenters. The zero-order valence-corrected chi connectivity index (χ0v) is 16.3. The maximum atomic E-state index is 12.9. The molecular weight excluding hydrogens is 389 g/mol. The number of nitrogens with zero attached hydrogens (tertiary/aromatic N) is 4. The van der Waals surface area contributed by atoms with Gasteiger partial charge in [0.05, 0.1) is 30.6 Å². The van der Waals surface area contributed by atoms with E-state index in [1.165, 1.54) is 0 Å². The van der Waals surface area contributed by atoms with Gasteiger partial charge in [-0.15, -0.1) is 12.4 Å². The molecule has 1 aliphatic heterocycles. The van der Waals surface area contributed by atoms with Gasteiger partial charge in [0.25, 0.3) is 5.91 Å². The van der Waals surface area contributed by atoms with Crippen LogP contribution in [0.4, 0.5) is 11.5 Å². The maximum Gasteiger partial charge on any atom is 0.257 e. The summed E-state index contributed by atoms with van der Waals surface area (Å²) in [6.45, 7) is 2.28. The fourth-order valence-corrected chi connectivity index (χ4v) is 3.25. The van der Waals surface area contributed by atoms with Gasteiger partial charge in [-0.05, 0) is 18.2 Å². The van der Waals surface area contributed by atoms with Crippen molar-refractivity contribution in [2.75, 3.05) is 31.6 Å². The monoisotopic (exact) mass is 407 g/mol. The van der Waals surface area contributed by atoms with E-state index in [1.807, 2.05) is 29.8 Å². The van der Waals surface area contributed by atoms with Crippen molar-refractivity contribution in [2.24, 2.45) is 7.05 Å². The van der Waals surface area contributed by atoms with Crippen LogP contribution >= 0.6 is 24.0 Å². The molecule has 0 radical (unpaired) electrons. The predicted molar refractivity (Wildman–Crippen MR) is 107 cm³/mol. The highest BCUT2D eigenvalue weighted by Gasteiger charge is 2.23. The maximum absolute atomic E-state index is 12.9. The molecule has 4 rings (SSSR count). The van der Waals surface area contributed by atoms with Gasteiger partial charge in [-0.2, -0.15) is 0 Å². The lowest BCUT2D eigenvalue weighted by molar-refractivity contribution is 0.0303. The molecule has 0 saturated carbocycles. The normalized spacial score (nSPS) is 14.1. The molecule has 27 heavy (non-hydrogen) atoms. The van der Waals surface area contributed by atoms with E-state index in [4.69, 9.17) is 16.3 Å². The summed E-state index contributed by atoms with van der Waals surface area (Å²) in [6, 6.07) is 7.37. The molecule has 1 aliphatic rings. The second-order valence-corrected chi connectivity index (χ2v) is 6.55. The molecule has 1 aromatic carbocycles. The number of fused-ring (bicyclic) bond motifs is 1. The SMILES string of the molecule is Cl.Cn1cnc2c(Nc3cccc(Cl)c3)ncc(C(=O)N3CCOCC3)c21. The number of aryl methyl sites for hydroxylation is 1. The number of carbonyl (C=O) groups excluding carboxylic acids is 1. The number of imidazole rings is 1. The average molecular weight is 408 g/mol. The minimum Gasteiger partial charge on any atom is -0.378 e. The Balaban J connectivity index is 0.00000210. The van der Waals surface area contributed by atoms with E-state index < -0.39 is 0 Å². The van der Waals surface area contributed by atoms with Gasteiger partial charge in [-0.25, -0.2) is 9.97 Å². The van der Waals surface area contributed by atoms with Crippen molar-refractivity contribution < 1.29 is 9.53 Å². The van der Waals surface area contributed by atoms with Gasteiger partial charge in [0.15, 0.2) is 5.82 Å². The zero-order valence-electron chi connectivity index (χ0n) is 14.7. The number of hydrogen-bond donors (Lipinski definition) is 1. The Labute approximate surface area is 167 Å². The Morgan fingerprint density at radius 3 is 2.78 bits per heavy atom. The molecule has 2 aromatic heterocycles. The number of ether oxygens (including phenoxy) is 1. The van der Waals surface area contributed by atoms with Gasteiger partial charge in [-0.1, -0.05) is 17.7 Å². The van der Waals surface area contributed by atoms with Crippen LogP contribution in [0.1, 0.15) is 10.4 Å². The standard InChI is InChI=1S/C18H18ClN5O2.ClH/c1-23-11-21-15-16(23)14(18(25)24-5-7-26-8-6-24)10-20-17(15)22-13-4-2-3-12(19)9-13;/h2-4,9-11H,5-8H2,1H3,(H,20,22);1H. The zero-order chi connectivity index (χ0) is 18.1. The Morgan fingerprint density at radius 1 is 1.26 bits per heavy atom. The highest BCUT2D eigenvalue weighted by molar-refractivity contribution is 6.30. The first-order valence-corrected chi connectivity index (χ1v) is 8.71. The van der Waals surface area contributed by atoms with Crippen molar-refractivity contribution in [2.45, 2.75) is 0 Å². The van der Waals surface area contributed by atoms with Crippen LogP contribution in [-0.4, -0.2) is 51.6 Å². The molecule has 1 N–H and O–H groups in total. The van der Waals surface area contributed by atoms with Gasteiger partial charge >= 0.3 is 0 Å². The molecule has 142 valence electrons. The van der Waals surface area contributed by atoms with Crippen molar-refractivity contribution in [1.82, 2.24) is 19.4 Å². The quantitative estimate of drug-likeness (QED) is 0.721. The van der Waals surface area contributed by atoms with Gasteiger partial charge in [0, 0.05) is 37.0 Å². The third-order valence-corrected chi connectivity index (χ3v) is 4.59. The van der Waals surface area contributed by atoms with Crippen LogP contribution in [0.5, 0.6) is 0 Å². The number of nitrogens with one attached hydrogen (secondary N) is 1. The number of carbonyl (C=O) groups is 1. The molecule has 7 nitrogen and oxygen atoms in total. The predicted octanol–water partition coefficient (Wildman–Crippen LogP) is 3.26. The fraction of sp³-hybridized carbons (Fsp3) is 0.278. The summed E-state index contributed by atoms with van der Waals surface area (Å²) in [7, 11) is 1.87. The highest BCUT2D eigenvalue weighted by atomic mass is 35.5. The molecule has 3 aromatic rings. The van der Waals surface area contributed by atoms with Crippen LogP contribution in [0, 0.1) is 0 Å². The van der Waals surface area contributed by atoms with E-state index in [0.29, 0.717) is 48.2 Å². The first-order chi connectivity index (χ1) is 12.6. The van der Waals surface area contributed by atoms with E-state index >= 15 is 0 Å². The van der Waals surface area contributed by atoms with E-state index in [9.17, 15) is 4.79 Å². The van der Waals surface area contributed by atoms with Crippen molar-refractivity contribution in [3.05, 3.63) is 47.4 Å². The van der Waals surface area contributed by atoms with Crippen LogP contribution in [0.2, 0.25) is 5.02 Å². The number of halogens is 2. The summed E-state index contributed by atoms with van der Waals surface area (Å²) >= 11 is 6.05. The van der Waals surface area contributed by atoms with Crippen LogP contribution in [0.15, 0.2) is 36.8 Å². The first kappa shape index (κ1) is 19.4. The summed E-state index contributed by atoms with van der Waals surface area (Å²) in [5.74, 6) is 0.532. The second-order valence-electron chi connectivity index (χ2n) is 6.11. The van der Waals surface area contributed by atoms with Crippen LogP contribution < -0.4 is 5.32 Å². The number of rotatable bonds is 3. The average Bonchev–Trinajstić information content (AvgIpc) is 3.05. The minimum atomic E-state index is -0.0521. The van der Waals surface area contributed by atoms with Gasteiger partial charge in [0.2, 0.25) is 0 Å². The molecule has 1 fully saturated rings. The molecule has 0 bridgehead atoms. The largest absolute Gasteiger partial charge is 0.378 e. The highest BCUT2D eigenvalue weighted by Crippen LogP contribution is 2.27. The van der Waals surface area contributed by atoms with E-state index in [0.717, 1.165) is 11.2 Å². The lowest BCUT2D eigenvalue weighted by atomic mass is 10.2. The Kier molecular flexibility index (Phi) is 5.84. The third kappa shape index (κ3) is 3.85. The fourth-order valence-electron chi connectivity index (χ4n) is 3.06. The van der Waals surface area contributed by atoms with Gasteiger partial charge in [0.1, 0.15) is 5.52 Å². The minimum absolute atomic E-state index is 0. The van der Waals surface area contributed by atoms with Crippen molar-refractivity contribution in [3.8, 4) is 0 Å². The molecule has 3 heterocycles. The van der Waals surface area contributed by atoms with Crippen molar-refractivity contribution in [1.29, 1.82) is 0 Å². The van der Waals surface area contributed by atoms with Gasteiger partial charge in [-0.3, -0.25) is 4.79 Å². The molecule has 9 heteroatoms. The number of hydrogen-bond acceptors (Lipinski definition) is 5. The first-order valence-electron chi connectivity index (χ1n) is 8.33. The number of benzene rings is 1. The Morgan fingerprint density at radius 2 is 2.04 bits per heavy atom. The van der Waals surface area contributed by atoms with Crippen molar-refractivity contribution >= 4 is 52.5 Å². The number of aromatic nitrogens is 3. The number of morpholine rings is 1. The number of anilines is 2. The smallest absolute Gasteiger partial charge is 0.257 e. The molecule has 1 amide bonds. The van der Waals surface area contributed by atoms with E-state index in [1.54, 1.807) is 23.5 Å². The van der Waals surface area contributed by atoms with Crippen LogP contribution in [0.25, 0.3) is 11.0 Å². The molecule has 0 spiro atoms. The lowest BCUT2D eigenvalue weighted by Gasteiger charge is -2.27.